The lowest BCUT2D eigenvalue weighted by Crippen LogP contribution is -2.10. The maximum absolute atomic E-state index is 6.56. The highest BCUT2D eigenvalue weighted by atomic mass is 16.3. The summed E-state index contributed by atoms with van der Waals surface area (Å²) in [5, 5.41) is 4.67. The monoisotopic (exact) mass is 652 g/mol. The lowest BCUT2D eigenvalue weighted by Gasteiger charge is -2.27. The molecule has 240 valence electrons. The molecule has 3 nitrogen and oxygen atoms in total. The number of hydrogen-bond donors (Lipinski definition) is 0. The van der Waals surface area contributed by atoms with Gasteiger partial charge in [0, 0.05) is 44.2 Å². The topological polar surface area (TPSA) is 21.3 Å². The van der Waals surface area contributed by atoms with Crippen molar-refractivity contribution in [3.05, 3.63) is 194 Å². The molecule has 0 atom stereocenters. The highest BCUT2D eigenvalue weighted by molar-refractivity contribution is 6.17. The first-order chi connectivity index (χ1) is 25.3. The van der Waals surface area contributed by atoms with Crippen LogP contribution >= 0.6 is 0 Å². The van der Waals surface area contributed by atoms with Gasteiger partial charge in [-0.3, -0.25) is 0 Å². The molecule has 0 aliphatic heterocycles. The van der Waals surface area contributed by atoms with Crippen molar-refractivity contribution in [2.24, 2.45) is 0 Å². The van der Waals surface area contributed by atoms with Crippen molar-refractivity contribution >= 4 is 60.8 Å². The van der Waals surface area contributed by atoms with Gasteiger partial charge in [0.15, 0.2) is 0 Å². The second-order valence-corrected chi connectivity index (χ2v) is 12.9. The zero-order valence-electron chi connectivity index (χ0n) is 27.8. The Balaban J connectivity index is 1.25. The predicted molar refractivity (Wildman–Crippen MR) is 214 cm³/mol. The molecule has 0 saturated heterocycles. The Morgan fingerprint density at radius 2 is 1.06 bits per heavy atom. The van der Waals surface area contributed by atoms with E-state index < -0.39 is 0 Å². The second-order valence-electron chi connectivity index (χ2n) is 12.9. The number of fused-ring (bicyclic) bond motifs is 6. The normalized spacial score (nSPS) is 11.5. The van der Waals surface area contributed by atoms with Crippen LogP contribution in [0.2, 0.25) is 0 Å². The number of benzene rings is 8. The standard InChI is InChI=1S/C48H32N2O/c1-4-16-33(17-5-1)42-32-36(30-31-37(42)39-24-14-25-40-38-22-11-13-29-46(38)51-48(39)40)49(34-18-6-2-7-19-34)44-27-15-28-45-47(44)41-23-10-12-26-43(41)50(45)35-20-8-3-9-21-35/h1-32H. The molecule has 0 spiro atoms. The van der Waals surface area contributed by atoms with Gasteiger partial charge in [0.25, 0.3) is 0 Å². The molecule has 0 radical (unpaired) electrons. The molecule has 10 rings (SSSR count). The van der Waals surface area contributed by atoms with Crippen LogP contribution in [0.15, 0.2) is 199 Å². The molecular formula is C48H32N2O. The number of furan rings is 1. The SMILES string of the molecule is c1ccc(-c2cc(N(c3ccccc3)c3cccc4c3c3ccccc3n4-c3ccccc3)ccc2-c2cccc3c2oc2ccccc23)cc1. The Morgan fingerprint density at radius 3 is 1.88 bits per heavy atom. The van der Waals surface area contributed by atoms with Gasteiger partial charge in [0.1, 0.15) is 11.2 Å². The summed E-state index contributed by atoms with van der Waals surface area (Å²) in [6, 6.07) is 69.1. The zero-order valence-corrected chi connectivity index (χ0v) is 27.8. The lowest BCUT2D eigenvalue weighted by molar-refractivity contribution is 0.670. The van der Waals surface area contributed by atoms with Crippen molar-refractivity contribution in [1.29, 1.82) is 0 Å². The van der Waals surface area contributed by atoms with Crippen LogP contribution in [0.5, 0.6) is 0 Å². The van der Waals surface area contributed by atoms with Gasteiger partial charge in [-0.05, 0) is 77.4 Å². The lowest BCUT2D eigenvalue weighted by atomic mass is 9.92. The maximum atomic E-state index is 6.56. The molecular weight excluding hydrogens is 621 g/mol. The minimum atomic E-state index is 0.899. The quantitative estimate of drug-likeness (QED) is 0.178. The fourth-order valence-corrected chi connectivity index (χ4v) is 7.77. The Morgan fingerprint density at radius 1 is 0.412 bits per heavy atom. The van der Waals surface area contributed by atoms with Crippen LogP contribution in [0.1, 0.15) is 0 Å². The zero-order chi connectivity index (χ0) is 33.7. The third-order valence-electron chi connectivity index (χ3n) is 9.99. The molecule has 0 bridgehead atoms. The van der Waals surface area contributed by atoms with E-state index in [-0.39, 0.29) is 0 Å². The van der Waals surface area contributed by atoms with E-state index in [1.165, 1.54) is 16.3 Å². The number of aromatic nitrogens is 1. The van der Waals surface area contributed by atoms with Crippen molar-refractivity contribution in [2.45, 2.75) is 0 Å². The summed E-state index contributed by atoms with van der Waals surface area (Å²) < 4.78 is 8.94. The van der Waals surface area contributed by atoms with Crippen molar-refractivity contribution in [3.8, 4) is 27.9 Å². The first-order valence-corrected chi connectivity index (χ1v) is 17.4. The Kier molecular flexibility index (Phi) is 6.81. The Bertz CT molecular complexity index is 2850. The number of nitrogens with zero attached hydrogens (tertiary/aromatic N) is 2. The predicted octanol–water partition coefficient (Wildman–Crippen LogP) is 13.5. The largest absolute Gasteiger partial charge is 0.455 e. The smallest absolute Gasteiger partial charge is 0.143 e. The fraction of sp³-hybridized carbons (Fsp3) is 0. The molecule has 2 aromatic heterocycles. The van der Waals surface area contributed by atoms with E-state index in [4.69, 9.17) is 4.42 Å². The van der Waals surface area contributed by atoms with E-state index in [0.717, 1.165) is 72.5 Å². The van der Waals surface area contributed by atoms with Gasteiger partial charge in [-0.15, -0.1) is 0 Å². The minimum absolute atomic E-state index is 0.899. The summed E-state index contributed by atoms with van der Waals surface area (Å²) in [6.45, 7) is 0. The van der Waals surface area contributed by atoms with Crippen molar-refractivity contribution in [2.75, 3.05) is 4.90 Å². The average molecular weight is 653 g/mol. The fourth-order valence-electron chi connectivity index (χ4n) is 7.77. The first-order valence-electron chi connectivity index (χ1n) is 17.4. The minimum Gasteiger partial charge on any atom is -0.455 e. The number of anilines is 3. The number of rotatable bonds is 6. The van der Waals surface area contributed by atoms with Gasteiger partial charge in [0.05, 0.1) is 16.7 Å². The molecule has 2 heterocycles. The average Bonchev–Trinajstić information content (AvgIpc) is 3.76. The molecule has 0 saturated carbocycles. The molecule has 51 heavy (non-hydrogen) atoms. The summed E-state index contributed by atoms with van der Waals surface area (Å²) >= 11 is 0. The van der Waals surface area contributed by atoms with Crippen LogP contribution in [-0.2, 0) is 0 Å². The summed E-state index contributed by atoms with van der Waals surface area (Å²) in [7, 11) is 0. The molecule has 0 N–H and O–H groups in total. The van der Waals surface area contributed by atoms with E-state index in [2.05, 4.69) is 191 Å². The molecule has 0 aliphatic rings. The van der Waals surface area contributed by atoms with Crippen molar-refractivity contribution in [3.63, 3.8) is 0 Å². The van der Waals surface area contributed by atoms with Gasteiger partial charge in [-0.1, -0.05) is 133 Å². The molecule has 0 unspecified atom stereocenters. The molecule has 10 aromatic rings. The highest BCUT2D eigenvalue weighted by Gasteiger charge is 2.23. The summed E-state index contributed by atoms with van der Waals surface area (Å²) in [4.78, 5) is 2.40. The third-order valence-corrected chi connectivity index (χ3v) is 9.99. The molecule has 0 aliphatic carbocycles. The number of hydrogen-bond acceptors (Lipinski definition) is 2. The molecule has 8 aromatic carbocycles. The van der Waals surface area contributed by atoms with E-state index in [0.29, 0.717) is 0 Å². The van der Waals surface area contributed by atoms with E-state index in [9.17, 15) is 0 Å². The van der Waals surface area contributed by atoms with Gasteiger partial charge in [-0.2, -0.15) is 0 Å². The Hall–Kier alpha value is -6.84. The summed E-state index contributed by atoms with van der Waals surface area (Å²) in [5.74, 6) is 0. The second kappa shape index (κ2) is 11.9. The van der Waals surface area contributed by atoms with Crippen LogP contribution in [0.25, 0.3) is 71.7 Å². The molecule has 0 amide bonds. The molecule has 0 fully saturated rings. The van der Waals surface area contributed by atoms with Crippen molar-refractivity contribution in [1.82, 2.24) is 4.57 Å². The van der Waals surface area contributed by atoms with Crippen LogP contribution in [0.4, 0.5) is 17.1 Å². The Labute approximate surface area is 295 Å². The van der Waals surface area contributed by atoms with E-state index in [1.807, 2.05) is 12.1 Å². The van der Waals surface area contributed by atoms with Crippen LogP contribution in [-0.4, -0.2) is 4.57 Å². The van der Waals surface area contributed by atoms with Gasteiger partial charge >= 0.3 is 0 Å². The highest BCUT2D eigenvalue weighted by Crippen LogP contribution is 2.46. The van der Waals surface area contributed by atoms with Crippen molar-refractivity contribution < 1.29 is 4.42 Å². The van der Waals surface area contributed by atoms with Gasteiger partial charge in [0.2, 0.25) is 0 Å². The van der Waals surface area contributed by atoms with Crippen LogP contribution in [0.3, 0.4) is 0 Å². The van der Waals surface area contributed by atoms with Gasteiger partial charge in [-0.25, -0.2) is 0 Å². The number of para-hydroxylation sites is 5. The van der Waals surface area contributed by atoms with E-state index >= 15 is 0 Å². The van der Waals surface area contributed by atoms with Gasteiger partial charge < -0.3 is 13.9 Å². The van der Waals surface area contributed by atoms with E-state index in [1.54, 1.807) is 0 Å². The van der Waals surface area contributed by atoms with Crippen LogP contribution in [0, 0.1) is 0 Å². The summed E-state index contributed by atoms with van der Waals surface area (Å²) in [5.41, 5.74) is 13.1. The maximum Gasteiger partial charge on any atom is 0.143 e. The third kappa shape index (κ3) is 4.74. The first kappa shape index (κ1) is 29.1. The van der Waals surface area contributed by atoms with Crippen LogP contribution < -0.4 is 4.90 Å². The summed E-state index contributed by atoms with van der Waals surface area (Å²) in [6.07, 6.45) is 0. The molecule has 3 heteroatoms.